The van der Waals surface area contributed by atoms with Gasteiger partial charge in [-0.25, -0.2) is 8.42 Å². The van der Waals surface area contributed by atoms with Crippen LogP contribution in [0.4, 0.5) is 5.69 Å². The number of benzene rings is 1. The molecule has 0 spiro atoms. The maximum absolute atomic E-state index is 11.9. The molecule has 0 bridgehead atoms. The van der Waals surface area contributed by atoms with Gasteiger partial charge in [0, 0.05) is 27.2 Å². The van der Waals surface area contributed by atoms with Crippen LogP contribution >= 0.6 is 33.3 Å². The Morgan fingerprint density at radius 3 is 2.61 bits per heavy atom. The molecule has 0 aromatic heterocycles. The molecule has 1 aromatic carbocycles. The second-order valence-corrected chi connectivity index (χ2v) is 8.33. The fourth-order valence-electron chi connectivity index (χ4n) is 1.93. The number of hydrogen-bond donors (Lipinski definition) is 0. The first-order valence-electron chi connectivity index (χ1n) is 5.29. The summed E-state index contributed by atoms with van der Waals surface area (Å²) in [4.78, 5) is 13.4. The molecule has 1 aromatic rings. The second-order valence-electron chi connectivity index (χ2n) is 4.26. The predicted molar refractivity (Wildman–Crippen MR) is 79.4 cm³/mol. The van der Waals surface area contributed by atoms with Crippen LogP contribution < -0.4 is 4.90 Å². The van der Waals surface area contributed by atoms with Crippen molar-refractivity contribution in [1.82, 2.24) is 0 Å². The minimum Gasteiger partial charge on any atom is -0.310 e. The summed E-state index contributed by atoms with van der Waals surface area (Å²) in [6.07, 6.45) is -0.0458. The standard InChI is InChI=1S/C11H11ClINO3S/c1-7-2-3-10(9(13)4-7)14-6-8(5-11(14)15)18(12,16)17/h2-4,8H,5-6H2,1H3. The van der Waals surface area contributed by atoms with Gasteiger partial charge in [0.05, 0.1) is 5.69 Å². The van der Waals surface area contributed by atoms with E-state index in [1.165, 1.54) is 4.90 Å². The Morgan fingerprint density at radius 1 is 1.44 bits per heavy atom. The van der Waals surface area contributed by atoms with E-state index < -0.39 is 14.3 Å². The van der Waals surface area contributed by atoms with E-state index in [9.17, 15) is 13.2 Å². The fraction of sp³-hybridized carbons (Fsp3) is 0.364. The van der Waals surface area contributed by atoms with E-state index in [0.29, 0.717) is 0 Å². The van der Waals surface area contributed by atoms with Crippen LogP contribution in [0.5, 0.6) is 0 Å². The average Bonchev–Trinajstić information content (AvgIpc) is 2.60. The first kappa shape index (κ1) is 14.1. The average molecular weight is 400 g/mol. The van der Waals surface area contributed by atoms with Crippen LogP contribution in [0.1, 0.15) is 12.0 Å². The zero-order valence-corrected chi connectivity index (χ0v) is 13.3. The lowest BCUT2D eigenvalue weighted by Gasteiger charge is -2.18. The van der Waals surface area contributed by atoms with Crippen molar-refractivity contribution in [2.45, 2.75) is 18.6 Å². The number of carbonyl (C=O) groups excluding carboxylic acids is 1. The molecule has 0 N–H and O–H groups in total. The Hall–Kier alpha value is -0.340. The molecule has 1 heterocycles. The molecule has 1 fully saturated rings. The number of aryl methyl sites for hydroxylation is 1. The maximum atomic E-state index is 11.9. The molecule has 1 amide bonds. The van der Waals surface area contributed by atoms with Crippen LogP contribution in [0.3, 0.4) is 0 Å². The third-order valence-corrected chi connectivity index (χ3v) is 5.61. The number of rotatable bonds is 2. The largest absolute Gasteiger partial charge is 0.310 e. The van der Waals surface area contributed by atoms with Gasteiger partial charge in [0.15, 0.2) is 0 Å². The SMILES string of the molecule is Cc1ccc(N2CC(S(=O)(=O)Cl)CC2=O)c(I)c1. The van der Waals surface area contributed by atoms with Gasteiger partial charge in [-0.05, 0) is 47.2 Å². The molecule has 0 saturated carbocycles. The van der Waals surface area contributed by atoms with Crippen LogP contribution in [-0.4, -0.2) is 26.1 Å². The van der Waals surface area contributed by atoms with Crippen molar-refractivity contribution in [3.8, 4) is 0 Å². The highest BCUT2D eigenvalue weighted by atomic mass is 127. The van der Waals surface area contributed by atoms with Gasteiger partial charge in [-0.1, -0.05) is 6.07 Å². The summed E-state index contributed by atoms with van der Waals surface area (Å²) in [5, 5.41) is -0.816. The summed E-state index contributed by atoms with van der Waals surface area (Å²) < 4.78 is 23.5. The van der Waals surface area contributed by atoms with E-state index in [-0.39, 0.29) is 18.9 Å². The molecular formula is C11H11ClINO3S. The molecule has 98 valence electrons. The van der Waals surface area contributed by atoms with Crippen molar-refractivity contribution < 1.29 is 13.2 Å². The fourth-order valence-corrected chi connectivity index (χ4v) is 3.92. The van der Waals surface area contributed by atoms with Gasteiger partial charge in [0.2, 0.25) is 15.0 Å². The lowest BCUT2D eigenvalue weighted by Crippen LogP contribution is -2.27. The molecule has 7 heteroatoms. The van der Waals surface area contributed by atoms with Gasteiger partial charge in [-0.3, -0.25) is 4.79 Å². The molecule has 1 atom stereocenters. The van der Waals surface area contributed by atoms with Crippen LogP contribution in [0, 0.1) is 10.5 Å². The molecular weight excluding hydrogens is 389 g/mol. The number of halogens is 2. The second kappa shape index (κ2) is 4.97. The smallest absolute Gasteiger partial charge is 0.237 e. The van der Waals surface area contributed by atoms with Crippen molar-refractivity contribution >= 4 is 53.9 Å². The van der Waals surface area contributed by atoms with Gasteiger partial charge in [0.25, 0.3) is 0 Å². The highest BCUT2D eigenvalue weighted by Crippen LogP contribution is 2.30. The summed E-state index contributed by atoms with van der Waals surface area (Å²) >= 11 is 2.14. The van der Waals surface area contributed by atoms with Crippen molar-refractivity contribution in [2.24, 2.45) is 0 Å². The predicted octanol–water partition coefficient (Wildman–Crippen LogP) is 2.27. The summed E-state index contributed by atoms with van der Waals surface area (Å²) in [6, 6.07) is 5.68. The minimum atomic E-state index is -3.69. The quantitative estimate of drug-likeness (QED) is 0.566. The first-order valence-corrected chi connectivity index (χ1v) is 8.74. The molecule has 1 saturated heterocycles. The Morgan fingerprint density at radius 2 is 2.11 bits per heavy atom. The van der Waals surface area contributed by atoms with Gasteiger partial charge in [-0.15, -0.1) is 0 Å². The van der Waals surface area contributed by atoms with E-state index in [4.69, 9.17) is 10.7 Å². The van der Waals surface area contributed by atoms with E-state index in [2.05, 4.69) is 22.6 Å². The first-order chi connectivity index (χ1) is 8.29. The topological polar surface area (TPSA) is 54.5 Å². The lowest BCUT2D eigenvalue weighted by molar-refractivity contribution is -0.117. The lowest BCUT2D eigenvalue weighted by atomic mass is 10.2. The van der Waals surface area contributed by atoms with Gasteiger partial charge >= 0.3 is 0 Å². The highest BCUT2D eigenvalue weighted by Gasteiger charge is 2.38. The maximum Gasteiger partial charge on any atom is 0.237 e. The number of carbonyl (C=O) groups is 1. The summed E-state index contributed by atoms with van der Waals surface area (Å²) in [5.41, 5.74) is 1.84. The third-order valence-electron chi connectivity index (χ3n) is 2.88. The van der Waals surface area contributed by atoms with Crippen molar-refractivity contribution in [3.05, 3.63) is 27.3 Å². The van der Waals surface area contributed by atoms with Crippen LogP contribution in [-0.2, 0) is 13.8 Å². The molecule has 2 rings (SSSR count). The minimum absolute atomic E-state index is 0.0458. The van der Waals surface area contributed by atoms with Gasteiger partial charge in [0.1, 0.15) is 5.25 Å². The number of hydrogen-bond acceptors (Lipinski definition) is 3. The zero-order valence-electron chi connectivity index (χ0n) is 9.56. The van der Waals surface area contributed by atoms with Gasteiger partial charge in [-0.2, -0.15) is 0 Å². The summed E-state index contributed by atoms with van der Waals surface area (Å²) in [7, 11) is 1.62. The number of anilines is 1. The van der Waals surface area contributed by atoms with E-state index in [1.807, 2.05) is 25.1 Å². The van der Waals surface area contributed by atoms with Crippen molar-refractivity contribution in [2.75, 3.05) is 11.4 Å². The van der Waals surface area contributed by atoms with E-state index >= 15 is 0 Å². The molecule has 4 nitrogen and oxygen atoms in total. The van der Waals surface area contributed by atoms with Crippen LogP contribution in [0.25, 0.3) is 0 Å². The summed E-state index contributed by atoms with van der Waals surface area (Å²) in [5.74, 6) is -0.203. The zero-order chi connectivity index (χ0) is 13.5. The Bertz CT molecular complexity index is 602. The van der Waals surface area contributed by atoms with E-state index in [0.717, 1.165) is 14.8 Å². The Labute approximate surface area is 124 Å². The highest BCUT2D eigenvalue weighted by molar-refractivity contribution is 14.1. The molecule has 1 aliphatic rings. The molecule has 0 radical (unpaired) electrons. The van der Waals surface area contributed by atoms with Crippen LogP contribution in [0.2, 0.25) is 0 Å². The van der Waals surface area contributed by atoms with Gasteiger partial charge < -0.3 is 4.90 Å². The Balaban J connectivity index is 2.33. The normalized spacial score (nSPS) is 20.5. The third kappa shape index (κ3) is 2.80. The van der Waals surface area contributed by atoms with Crippen molar-refractivity contribution in [1.29, 1.82) is 0 Å². The molecule has 18 heavy (non-hydrogen) atoms. The van der Waals surface area contributed by atoms with Crippen LogP contribution in [0.15, 0.2) is 18.2 Å². The number of amides is 1. The summed E-state index contributed by atoms with van der Waals surface area (Å²) in [6.45, 7) is 2.09. The monoisotopic (exact) mass is 399 g/mol. The van der Waals surface area contributed by atoms with Crippen molar-refractivity contribution in [3.63, 3.8) is 0 Å². The molecule has 1 unspecified atom stereocenters. The Kier molecular flexibility index (Phi) is 3.89. The molecule has 1 aliphatic heterocycles. The molecule has 0 aliphatic carbocycles. The number of nitrogens with zero attached hydrogens (tertiary/aromatic N) is 1. The van der Waals surface area contributed by atoms with E-state index in [1.54, 1.807) is 0 Å².